The summed E-state index contributed by atoms with van der Waals surface area (Å²) < 4.78 is 0. The van der Waals surface area contributed by atoms with Gasteiger partial charge in [0.1, 0.15) is 5.75 Å². The number of aromatic hydroxyl groups is 1. The van der Waals surface area contributed by atoms with E-state index in [1.165, 1.54) is 0 Å². The topological polar surface area (TPSA) is 40.5 Å². The Kier molecular flexibility index (Phi) is 3.58. The molecular weight excluding hydrogens is 188 g/mol. The van der Waals surface area contributed by atoms with Gasteiger partial charge in [0.15, 0.2) is 0 Å². The van der Waals surface area contributed by atoms with E-state index in [-0.39, 0.29) is 12.4 Å². The van der Waals surface area contributed by atoms with E-state index in [2.05, 4.69) is 0 Å². The average molecular weight is 201 g/mol. The minimum atomic E-state index is 0.130. The van der Waals surface area contributed by atoms with Crippen molar-refractivity contribution in [2.45, 2.75) is 19.8 Å². The number of halogens is 1. The van der Waals surface area contributed by atoms with Crippen LogP contribution in [0.25, 0.3) is 0 Å². The van der Waals surface area contributed by atoms with Crippen LogP contribution >= 0.6 is 11.6 Å². The highest BCUT2D eigenvalue weighted by Crippen LogP contribution is 2.26. The number of hydrogen-bond donors (Lipinski definition) is 2. The van der Waals surface area contributed by atoms with E-state index in [1.54, 1.807) is 12.1 Å². The molecule has 0 spiro atoms. The number of benzene rings is 1. The highest BCUT2D eigenvalue weighted by molar-refractivity contribution is 6.31. The third-order valence-electron chi connectivity index (χ3n) is 1.96. The summed E-state index contributed by atoms with van der Waals surface area (Å²) in [7, 11) is 0. The fraction of sp³-hybridized carbons (Fsp3) is 0.400. The molecule has 2 N–H and O–H groups in total. The second-order valence-corrected chi connectivity index (χ2v) is 3.46. The Hall–Kier alpha value is -0.730. The standard InChI is InChI=1S/C10H13ClO2/c1-7-5-10(13)8(3-2-4-12)6-9(7)11/h5-6,12-13H,2-4H2,1H3. The second-order valence-electron chi connectivity index (χ2n) is 3.06. The van der Waals surface area contributed by atoms with Crippen LogP contribution in [0.5, 0.6) is 5.75 Å². The Morgan fingerprint density at radius 2 is 2.08 bits per heavy atom. The zero-order chi connectivity index (χ0) is 9.84. The summed E-state index contributed by atoms with van der Waals surface area (Å²) in [6.45, 7) is 1.98. The molecular formula is C10H13ClO2. The van der Waals surface area contributed by atoms with Crippen LogP contribution in [0.4, 0.5) is 0 Å². The lowest BCUT2D eigenvalue weighted by Gasteiger charge is -2.06. The van der Waals surface area contributed by atoms with Gasteiger partial charge in [0.2, 0.25) is 0 Å². The summed E-state index contributed by atoms with van der Waals surface area (Å²) >= 11 is 5.89. The third kappa shape index (κ3) is 2.61. The van der Waals surface area contributed by atoms with E-state index in [0.29, 0.717) is 17.9 Å². The van der Waals surface area contributed by atoms with Crippen LogP contribution in [-0.2, 0) is 6.42 Å². The molecule has 0 aromatic heterocycles. The molecule has 0 fully saturated rings. The normalized spacial score (nSPS) is 10.4. The Bertz CT molecular complexity index is 297. The molecule has 0 atom stereocenters. The molecule has 0 bridgehead atoms. The number of aryl methyl sites for hydroxylation is 2. The van der Waals surface area contributed by atoms with Gasteiger partial charge in [-0.15, -0.1) is 0 Å². The van der Waals surface area contributed by atoms with Crippen LogP contribution in [0.15, 0.2) is 12.1 Å². The summed E-state index contributed by atoms with van der Waals surface area (Å²) in [5, 5.41) is 18.8. The highest BCUT2D eigenvalue weighted by Gasteiger charge is 2.04. The van der Waals surface area contributed by atoms with E-state index in [0.717, 1.165) is 11.1 Å². The molecule has 3 heteroatoms. The summed E-state index contributed by atoms with van der Waals surface area (Å²) in [6, 6.07) is 3.40. The molecule has 0 heterocycles. The predicted octanol–water partition coefficient (Wildman–Crippen LogP) is 2.28. The molecule has 1 aromatic carbocycles. The maximum Gasteiger partial charge on any atom is 0.119 e. The van der Waals surface area contributed by atoms with Crippen molar-refractivity contribution >= 4 is 11.6 Å². The largest absolute Gasteiger partial charge is 0.508 e. The second kappa shape index (κ2) is 4.49. The Morgan fingerprint density at radius 1 is 1.38 bits per heavy atom. The minimum Gasteiger partial charge on any atom is -0.508 e. The summed E-state index contributed by atoms with van der Waals surface area (Å²) in [5.41, 5.74) is 1.66. The monoisotopic (exact) mass is 200 g/mol. The first-order valence-electron chi connectivity index (χ1n) is 4.24. The molecule has 1 aromatic rings. The number of rotatable bonds is 3. The van der Waals surface area contributed by atoms with Gasteiger partial charge in [-0.3, -0.25) is 0 Å². The van der Waals surface area contributed by atoms with Gasteiger partial charge in [0.25, 0.3) is 0 Å². The van der Waals surface area contributed by atoms with Crippen molar-refractivity contribution < 1.29 is 10.2 Å². The smallest absolute Gasteiger partial charge is 0.119 e. The van der Waals surface area contributed by atoms with Gasteiger partial charge in [0.05, 0.1) is 0 Å². The van der Waals surface area contributed by atoms with E-state index in [9.17, 15) is 5.11 Å². The molecule has 0 aliphatic rings. The molecule has 2 nitrogen and oxygen atoms in total. The molecule has 0 amide bonds. The van der Waals surface area contributed by atoms with E-state index in [1.807, 2.05) is 6.92 Å². The molecule has 0 radical (unpaired) electrons. The fourth-order valence-corrected chi connectivity index (χ4v) is 1.36. The number of aliphatic hydroxyl groups excluding tert-OH is 1. The van der Waals surface area contributed by atoms with Crippen LogP contribution in [0.2, 0.25) is 5.02 Å². The van der Waals surface area contributed by atoms with E-state index in [4.69, 9.17) is 16.7 Å². The summed E-state index contributed by atoms with van der Waals surface area (Å²) in [5.74, 6) is 0.260. The van der Waals surface area contributed by atoms with Crippen molar-refractivity contribution in [1.82, 2.24) is 0 Å². The Labute approximate surface area is 82.8 Å². The first-order valence-corrected chi connectivity index (χ1v) is 4.62. The third-order valence-corrected chi connectivity index (χ3v) is 2.37. The van der Waals surface area contributed by atoms with Crippen molar-refractivity contribution in [1.29, 1.82) is 0 Å². The maximum absolute atomic E-state index is 9.50. The number of hydrogen-bond acceptors (Lipinski definition) is 2. The Morgan fingerprint density at radius 3 is 2.69 bits per heavy atom. The van der Waals surface area contributed by atoms with Crippen LogP contribution in [0, 0.1) is 6.92 Å². The Balaban J connectivity index is 2.88. The van der Waals surface area contributed by atoms with Gasteiger partial charge in [-0.1, -0.05) is 11.6 Å². The zero-order valence-electron chi connectivity index (χ0n) is 7.55. The van der Waals surface area contributed by atoms with Crippen molar-refractivity contribution in [2.75, 3.05) is 6.61 Å². The van der Waals surface area contributed by atoms with Gasteiger partial charge in [0, 0.05) is 11.6 Å². The van der Waals surface area contributed by atoms with Gasteiger partial charge < -0.3 is 10.2 Å². The summed E-state index contributed by atoms with van der Waals surface area (Å²) in [6.07, 6.45) is 1.30. The van der Waals surface area contributed by atoms with Crippen molar-refractivity contribution in [3.8, 4) is 5.75 Å². The number of phenolic OH excluding ortho intramolecular Hbond substituents is 1. The molecule has 0 aliphatic carbocycles. The van der Waals surface area contributed by atoms with Crippen LogP contribution in [-0.4, -0.2) is 16.8 Å². The van der Waals surface area contributed by atoms with Gasteiger partial charge in [-0.05, 0) is 43.0 Å². The lowest BCUT2D eigenvalue weighted by molar-refractivity contribution is 0.288. The molecule has 72 valence electrons. The molecule has 0 saturated heterocycles. The van der Waals surface area contributed by atoms with Crippen LogP contribution in [0.1, 0.15) is 17.5 Å². The highest BCUT2D eigenvalue weighted by atomic mass is 35.5. The molecule has 1 rings (SSSR count). The molecule has 0 saturated carbocycles. The fourth-order valence-electron chi connectivity index (χ4n) is 1.18. The SMILES string of the molecule is Cc1cc(O)c(CCCO)cc1Cl. The lowest BCUT2D eigenvalue weighted by atomic mass is 10.1. The van der Waals surface area contributed by atoms with Crippen LogP contribution in [0.3, 0.4) is 0 Å². The molecule has 0 aliphatic heterocycles. The zero-order valence-corrected chi connectivity index (χ0v) is 8.30. The van der Waals surface area contributed by atoms with E-state index >= 15 is 0 Å². The number of phenols is 1. The van der Waals surface area contributed by atoms with Crippen molar-refractivity contribution in [3.05, 3.63) is 28.3 Å². The molecule has 0 unspecified atom stereocenters. The minimum absolute atomic E-state index is 0.130. The maximum atomic E-state index is 9.50. The van der Waals surface area contributed by atoms with Crippen molar-refractivity contribution in [3.63, 3.8) is 0 Å². The van der Waals surface area contributed by atoms with Crippen LogP contribution < -0.4 is 0 Å². The van der Waals surface area contributed by atoms with Gasteiger partial charge >= 0.3 is 0 Å². The molecule has 13 heavy (non-hydrogen) atoms. The summed E-state index contributed by atoms with van der Waals surface area (Å²) in [4.78, 5) is 0. The first-order chi connectivity index (χ1) is 6.15. The van der Waals surface area contributed by atoms with Gasteiger partial charge in [-0.25, -0.2) is 0 Å². The lowest BCUT2D eigenvalue weighted by Crippen LogP contribution is -1.91. The number of aliphatic hydroxyl groups is 1. The first kappa shape index (κ1) is 10.4. The van der Waals surface area contributed by atoms with E-state index < -0.39 is 0 Å². The quantitative estimate of drug-likeness (QED) is 0.786. The predicted molar refractivity (Wildman–Crippen MR) is 53.3 cm³/mol. The van der Waals surface area contributed by atoms with Crippen molar-refractivity contribution in [2.24, 2.45) is 0 Å². The average Bonchev–Trinajstić information content (AvgIpc) is 2.09. The van der Waals surface area contributed by atoms with Gasteiger partial charge in [-0.2, -0.15) is 0 Å².